The zero-order chi connectivity index (χ0) is 15.3. The second kappa shape index (κ2) is 7.24. The number of hydrogen-bond donors (Lipinski definition) is 2. The SMILES string of the molecule is OC(CNCC1CCOCC1)c1ccc(C(F)(F)F)cc1. The highest BCUT2D eigenvalue weighted by Crippen LogP contribution is 2.29. The van der Waals surface area contributed by atoms with E-state index in [0.29, 0.717) is 18.0 Å². The molecule has 1 aromatic carbocycles. The Labute approximate surface area is 122 Å². The van der Waals surface area contributed by atoms with Crippen molar-refractivity contribution < 1.29 is 23.0 Å². The van der Waals surface area contributed by atoms with Crippen LogP contribution in [0.3, 0.4) is 0 Å². The molecule has 1 unspecified atom stereocenters. The highest BCUT2D eigenvalue weighted by molar-refractivity contribution is 5.26. The Morgan fingerprint density at radius 1 is 1.19 bits per heavy atom. The first-order valence-electron chi connectivity index (χ1n) is 7.10. The quantitative estimate of drug-likeness (QED) is 0.879. The first-order chi connectivity index (χ1) is 9.97. The van der Waals surface area contributed by atoms with Crippen molar-refractivity contribution in [1.82, 2.24) is 5.32 Å². The first-order valence-corrected chi connectivity index (χ1v) is 7.10. The molecule has 1 saturated heterocycles. The molecule has 1 fully saturated rings. The molecule has 0 bridgehead atoms. The summed E-state index contributed by atoms with van der Waals surface area (Å²) in [5.74, 6) is 0.540. The van der Waals surface area contributed by atoms with E-state index in [1.807, 2.05) is 0 Å². The van der Waals surface area contributed by atoms with Gasteiger partial charge < -0.3 is 15.2 Å². The zero-order valence-electron chi connectivity index (χ0n) is 11.7. The number of benzene rings is 1. The van der Waals surface area contributed by atoms with Gasteiger partial charge in [-0.3, -0.25) is 0 Å². The average Bonchev–Trinajstić information content (AvgIpc) is 2.47. The summed E-state index contributed by atoms with van der Waals surface area (Å²) in [6.07, 6.45) is -3.13. The molecule has 3 nitrogen and oxygen atoms in total. The fourth-order valence-electron chi connectivity index (χ4n) is 2.39. The van der Waals surface area contributed by atoms with Crippen LogP contribution >= 0.6 is 0 Å². The molecule has 6 heteroatoms. The molecule has 0 aromatic heterocycles. The van der Waals surface area contributed by atoms with Crippen molar-refractivity contribution in [2.45, 2.75) is 25.1 Å². The molecular weight excluding hydrogens is 283 g/mol. The van der Waals surface area contributed by atoms with E-state index >= 15 is 0 Å². The maximum Gasteiger partial charge on any atom is 0.416 e. The van der Waals surface area contributed by atoms with Gasteiger partial charge in [0.2, 0.25) is 0 Å². The Morgan fingerprint density at radius 2 is 1.81 bits per heavy atom. The summed E-state index contributed by atoms with van der Waals surface area (Å²) in [6.45, 7) is 2.67. The molecule has 2 rings (SSSR count). The minimum absolute atomic E-state index is 0.336. The van der Waals surface area contributed by atoms with Crippen LogP contribution in [0.2, 0.25) is 0 Å². The van der Waals surface area contributed by atoms with Crippen LogP contribution in [0.4, 0.5) is 13.2 Å². The molecule has 1 aliphatic heterocycles. The number of rotatable bonds is 5. The fourth-order valence-corrected chi connectivity index (χ4v) is 2.39. The summed E-state index contributed by atoms with van der Waals surface area (Å²) in [7, 11) is 0. The molecule has 0 aliphatic carbocycles. The van der Waals surface area contributed by atoms with Crippen molar-refractivity contribution in [1.29, 1.82) is 0 Å². The number of ether oxygens (including phenoxy) is 1. The summed E-state index contributed by atoms with van der Waals surface area (Å²) in [4.78, 5) is 0. The molecule has 0 radical (unpaired) electrons. The molecule has 0 spiro atoms. The lowest BCUT2D eigenvalue weighted by atomic mass is 10.00. The van der Waals surface area contributed by atoms with Gasteiger partial charge in [0.15, 0.2) is 0 Å². The summed E-state index contributed by atoms with van der Waals surface area (Å²) in [6, 6.07) is 4.64. The van der Waals surface area contributed by atoms with Gasteiger partial charge in [-0.15, -0.1) is 0 Å². The minimum Gasteiger partial charge on any atom is -0.387 e. The van der Waals surface area contributed by atoms with Crippen LogP contribution < -0.4 is 5.32 Å². The lowest BCUT2D eigenvalue weighted by Crippen LogP contribution is -2.30. The van der Waals surface area contributed by atoms with Gasteiger partial charge in [0.25, 0.3) is 0 Å². The van der Waals surface area contributed by atoms with Crippen molar-refractivity contribution in [3.05, 3.63) is 35.4 Å². The van der Waals surface area contributed by atoms with Gasteiger partial charge in [-0.25, -0.2) is 0 Å². The van der Waals surface area contributed by atoms with Gasteiger partial charge in [0.05, 0.1) is 11.7 Å². The van der Waals surface area contributed by atoms with Crippen molar-refractivity contribution in [3.63, 3.8) is 0 Å². The Kier molecular flexibility index (Phi) is 5.61. The van der Waals surface area contributed by atoms with E-state index in [1.54, 1.807) is 0 Å². The van der Waals surface area contributed by atoms with Crippen LogP contribution in [-0.2, 0) is 10.9 Å². The van der Waals surface area contributed by atoms with Crippen molar-refractivity contribution in [2.75, 3.05) is 26.3 Å². The van der Waals surface area contributed by atoms with Gasteiger partial charge in [-0.2, -0.15) is 13.2 Å². The second-order valence-corrected chi connectivity index (χ2v) is 5.35. The van der Waals surface area contributed by atoms with Crippen LogP contribution in [0.5, 0.6) is 0 Å². The number of hydrogen-bond acceptors (Lipinski definition) is 3. The Balaban J connectivity index is 1.78. The average molecular weight is 303 g/mol. The summed E-state index contributed by atoms with van der Waals surface area (Å²) < 4.78 is 42.6. The smallest absolute Gasteiger partial charge is 0.387 e. The standard InChI is InChI=1S/C15H20F3NO2/c16-15(17,18)13-3-1-12(2-4-13)14(20)10-19-9-11-5-7-21-8-6-11/h1-4,11,14,19-20H,5-10H2. The summed E-state index contributed by atoms with van der Waals surface area (Å²) >= 11 is 0. The predicted molar refractivity (Wildman–Crippen MR) is 72.8 cm³/mol. The Hall–Kier alpha value is -1.11. The van der Waals surface area contributed by atoms with Crippen LogP contribution in [0.25, 0.3) is 0 Å². The molecule has 1 atom stereocenters. The third-order valence-electron chi connectivity index (χ3n) is 3.73. The lowest BCUT2D eigenvalue weighted by molar-refractivity contribution is -0.137. The van der Waals surface area contributed by atoms with Crippen molar-refractivity contribution >= 4 is 0 Å². The third kappa shape index (κ3) is 4.98. The molecular formula is C15H20F3NO2. The van der Waals surface area contributed by atoms with Gasteiger partial charge in [-0.1, -0.05) is 12.1 Å². The number of halogens is 3. The number of aliphatic hydroxyl groups excluding tert-OH is 1. The van der Waals surface area contributed by atoms with E-state index in [1.165, 1.54) is 12.1 Å². The van der Waals surface area contributed by atoms with E-state index in [9.17, 15) is 18.3 Å². The molecule has 0 amide bonds. The maximum absolute atomic E-state index is 12.4. The number of alkyl halides is 3. The van der Waals surface area contributed by atoms with E-state index in [-0.39, 0.29) is 0 Å². The third-order valence-corrected chi connectivity index (χ3v) is 3.73. The predicted octanol–water partition coefficient (Wildman–Crippen LogP) is 2.76. The largest absolute Gasteiger partial charge is 0.416 e. The van der Waals surface area contributed by atoms with Crippen LogP contribution in [0, 0.1) is 5.92 Å². The van der Waals surface area contributed by atoms with Crippen LogP contribution in [-0.4, -0.2) is 31.4 Å². The van der Waals surface area contributed by atoms with Crippen LogP contribution in [0.15, 0.2) is 24.3 Å². The van der Waals surface area contributed by atoms with E-state index in [4.69, 9.17) is 4.74 Å². The van der Waals surface area contributed by atoms with E-state index < -0.39 is 17.8 Å². The lowest BCUT2D eigenvalue weighted by Gasteiger charge is -2.23. The van der Waals surface area contributed by atoms with Gasteiger partial charge in [0, 0.05) is 19.8 Å². The molecule has 21 heavy (non-hydrogen) atoms. The highest BCUT2D eigenvalue weighted by Gasteiger charge is 2.30. The summed E-state index contributed by atoms with van der Waals surface area (Å²) in [5, 5.41) is 13.1. The van der Waals surface area contributed by atoms with Gasteiger partial charge >= 0.3 is 6.18 Å². The van der Waals surface area contributed by atoms with Crippen LogP contribution in [0.1, 0.15) is 30.1 Å². The van der Waals surface area contributed by atoms with Gasteiger partial charge in [0.1, 0.15) is 0 Å². The zero-order valence-corrected chi connectivity index (χ0v) is 11.7. The van der Waals surface area contributed by atoms with E-state index in [2.05, 4.69) is 5.32 Å². The maximum atomic E-state index is 12.4. The number of aliphatic hydroxyl groups is 1. The number of nitrogens with one attached hydrogen (secondary N) is 1. The normalized spacial score (nSPS) is 18.7. The van der Waals surface area contributed by atoms with Crippen molar-refractivity contribution in [2.24, 2.45) is 5.92 Å². The topological polar surface area (TPSA) is 41.5 Å². The molecule has 0 saturated carbocycles. The first kappa shape index (κ1) is 16.3. The molecule has 118 valence electrons. The second-order valence-electron chi connectivity index (χ2n) is 5.35. The Morgan fingerprint density at radius 3 is 2.38 bits per heavy atom. The molecule has 1 aromatic rings. The fraction of sp³-hybridized carbons (Fsp3) is 0.600. The van der Waals surface area contributed by atoms with Crippen molar-refractivity contribution in [3.8, 4) is 0 Å². The molecule has 1 aliphatic rings. The monoisotopic (exact) mass is 303 g/mol. The summed E-state index contributed by atoms with van der Waals surface area (Å²) in [5.41, 5.74) is -0.212. The minimum atomic E-state index is -4.34. The van der Waals surface area contributed by atoms with Gasteiger partial charge in [-0.05, 0) is 43.0 Å². The highest BCUT2D eigenvalue weighted by atomic mass is 19.4. The Bertz CT molecular complexity index is 428. The molecule has 2 N–H and O–H groups in total. The molecule has 1 heterocycles. The van der Waals surface area contributed by atoms with E-state index in [0.717, 1.165) is 44.7 Å².